The number of hydrogen-bond donors (Lipinski definition) is 3. The molecule has 2 unspecified atom stereocenters. The summed E-state index contributed by atoms with van der Waals surface area (Å²) in [5.74, 6) is -0.0190. The Morgan fingerprint density at radius 3 is 0.835 bits per heavy atom. The van der Waals surface area contributed by atoms with Gasteiger partial charge >= 0.3 is 5.97 Å². The van der Waals surface area contributed by atoms with Gasteiger partial charge in [0, 0.05) is 12.8 Å². The zero-order chi connectivity index (χ0) is 61.3. The lowest BCUT2D eigenvalue weighted by Crippen LogP contribution is -2.45. The Hall–Kier alpha value is -1.66. The zero-order valence-corrected chi connectivity index (χ0v) is 57.9. The molecule has 0 spiro atoms. The number of carbonyl (C=O) groups is 2. The molecule has 3 N–H and O–H groups in total. The Bertz CT molecular complexity index is 1330. The highest BCUT2D eigenvalue weighted by atomic mass is 16.5. The lowest BCUT2D eigenvalue weighted by atomic mass is 10.0. The second kappa shape index (κ2) is 74.8. The van der Waals surface area contributed by atoms with Crippen molar-refractivity contribution in [2.45, 2.75) is 456 Å². The minimum Gasteiger partial charge on any atom is -0.466 e. The van der Waals surface area contributed by atoms with Crippen LogP contribution in [0.1, 0.15) is 444 Å². The van der Waals surface area contributed by atoms with E-state index >= 15 is 0 Å². The molecule has 0 rings (SSSR count). The van der Waals surface area contributed by atoms with Crippen LogP contribution >= 0.6 is 0 Å². The standard InChI is InChI=1S/C79H153NO5/c1-3-5-7-9-11-13-15-17-19-20-21-22-23-31-34-37-40-44-47-51-55-59-63-67-71-77(82)76(75-81)80-78(83)72-68-64-60-56-52-48-45-41-38-35-32-29-27-25-24-26-28-30-33-36-39-42-46-50-54-58-62-66-70-74-85-79(84)73-69-65-61-57-53-49-43-18-16-14-12-10-8-6-4-2/h18,24,26,43,76-77,81-82H,3-17,19-23,25,27-42,44-75H2,1-2H3,(H,80,83)/b26-24-,43-18-. The first-order chi connectivity index (χ1) is 42.0. The topological polar surface area (TPSA) is 95.9 Å². The fourth-order valence-electron chi connectivity index (χ4n) is 12.5. The predicted molar refractivity (Wildman–Crippen MR) is 375 cm³/mol. The van der Waals surface area contributed by atoms with Gasteiger partial charge in [-0.2, -0.15) is 0 Å². The summed E-state index contributed by atoms with van der Waals surface area (Å²) in [7, 11) is 0. The Morgan fingerprint density at radius 1 is 0.318 bits per heavy atom. The van der Waals surface area contributed by atoms with E-state index in [-0.39, 0.29) is 18.5 Å². The summed E-state index contributed by atoms with van der Waals surface area (Å²) in [6.07, 6.45) is 95.4. The summed E-state index contributed by atoms with van der Waals surface area (Å²) in [5.41, 5.74) is 0. The van der Waals surface area contributed by atoms with Gasteiger partial charge in [-0.25, -0.2) is 0 Å². The average Bonchev–Trinajstić information content (AvgIpc) is 3.51. The van der Waals surface area contributed by atoms with Crippen molar-refractivity contribution in [3.8, 4) is 0 Å². The van der Waals surface area contributed by atoms with Crippen molar-refractivity contribution >= 4 is 11.9 Å². The zero-order valence-electron chi connectivity index (χ0n) is 57.9. The number of allylic oxidation sites excluding steroid dienone is 4. The number of aliphatic hydroxyl groups excluding tert-OH is 2. The van der Waals surface area contributed by atoms with Crippen molar-refractivity contribution in [2.24, 2.45) is 0 Å². The van der Waals surface area contributed by atoms with Crippen molar-refractivity contribution in [3.63, 3.8) is 0 Å². The van der Waals surface area contributed by atoms with Crippen molar-refractivity contribution < 1.29 is 24.5 Å². The van der Waals surface area contributed by atoms with Gasteiger partial charge in [-0.3, -0.25) is 9.59 Å². The largest absolute Gasteiger partial charge is 0.466 e. The summed E-state index contributed by atoms with van der Waals surface area (Å²) >= 11 is 0. The molecule has 0 aliphatic rings. The molecule has 0 aliphatic heterocycles. The lowest BCUT2D eigenvalue weighted by Gasteiger charge is -2.22. The molecule has 0 saturated carbocycles. The monoisotopic (exact) mass is 1200 g/mol. The molecule has 6 nitrogen and oxygen atoms in total. The van der Waals surface area contributed by atoms with Crippen LogP contribution in [0.25, 0.3) is 0 Å². The molecule has 0 fully saturated rings. The fraction of sp³-hybridized carbons (Fsp3) is 0.924. The molecular formula is C79H153NO5. The number of ether oxygens (including phenoxy) is 1. The first kappa shape index (κ1) is 83.3. The minimum absolute atomic E-state index is 0.00962. The normalized spacial score (nSPS) is 12.6. The molecule has 504 valence electrons. The summed E-state index contributed by atoms with van der Waals surface area (Å²) in [5, 5.41) is 23.5. The van der Waals surface area contributed by atoms with Crippen LogP contribution in [0.15, 0.2) is 24.3 Å². The molecular weight excluding hydrogens is 1040 g/mol. The maximum atomic E-state index is 12.6. The van der Waals surface area contributed by atoms with Gasteiger partial charge in [0.25, 0.3) is 0 Å². The number of unbranched alkanes of at least 4 members (excludes halogenated alkanes) is 59. The fourth-order valence-corrected chi connectivity index (χ4v) is 12.5. The maximum Gasteiger partial charge on any atom is 0.305 e. The summed E-state index contributed by atoms with van der Waals surface area (Å²) in [6, 6.07) is -0.542. The van der Waals surface area contributed by atoms with Crippen LogP contribution in [0.3, 0.4) is 0 Å². The number of amides is 1. The average molecular weight is 1200 g/mol. The van der Waals surface area contributed by atoms with E-state index in [1.54, 1.807) is 0 Å². The quantitative estimate of drug-likeness (QED) is 0.0320. The van der Waals surface area contributed by atoms with Gasteiger partial charge in [0.2, 0.25) is 5.91 Å². The summed E-state index contributed by atoms with van der Waals surface area (Å²) < 4.78 is 5.49. The number of aliphatic hydroxyl groups is 2. The first-order valence-electron chi connectivity index (χ1n) is 39.1. The molecule has 0 saturated heterocycles. The van der Waals surface area contributed by atoms with Gasteiger partial charge < -0.3 is 20.3 Å². The van der Waals surface area contributed by atoms with Gasteiger partial charge in [-0.15, -0.1) is 0 Å². The molecule has 0 aromatic heterocycles. The Labute approximate surface area is 532 Å². The van der Waals surface area contributed by atoms with Crippen molar-refractivity contribution in [3.05, 3.63) is 24.3 Å². The molecule has 85 heavy (non-hydrogen) atoms. The predicted octanol–water partition coefficient (Wildman–Crippen LogP) is 25.7. The molecule has 0 heterocycles. The van der Waals surface area contributed by atoms with Gasteiger partial charge in [0.15, 0.2) is 0 Å². The molecule has 6 heteroatoms. The van der Waals surface area contributed by atoms with Crippen LogP contribution in [0.5, 0.6) is 0 Å². The lowest BCUT2D eigenvalue weighted by molar-refractivity contribution is -0.143. The van der Waals surface area contributed by atoms with Crippen LogP contribution in [-0.4, -0.2) is 47.4 Å². The Kier molecular flexibility index (Phi) is 73.3. The van der Waals surface area contributed by atoms with E-state index in [9.17, 15) is 19.8 Å². The second-order valence-electron chi connectivity index (χ2n) is 27.0. The van der Waals surface area contributed by atoms with Crippen LogP contribution in [0.4, 0.5) is 0 Å². The SMILES string of the molecule is CCCCCCCC/C=C\CCCCCCCC(=O)OCCCCCCCCCCCCCC/C=C\CCCCCCCCCCCCCCCC(=O)NC(CO)C(O)CCCCCCCCCCCCCCCCCCCCCCCCCC. The van der Waals surface area contributed by atoms with Crippen LogP contribution < -0.4 is 5.32 Å². The molecule has 0 bridgehead atoms. The number of esters is 1. The van der Waals surface area contributed by atoms with Crippen molar-refractivity contribution in [1.82, 2.24) is 5.32 Å². The molecule has 0 radical (unpaired) electrons. The minimum atomic E-state index is -0.665. The highest BCUT2D eigenvalue weighted by molar-refractivity contribution is 5.76. The Morgan fingerprint density at radius 2 is 0.553 bits per heavy atom. The number of rotatable bonds is 74. The second-order valence-corrected chi connectivity index (χ2v) is 27.0. The molecule has 0 aromatic carbocycles. The van der Waals surface area contributed by atoms with Crippen LogP contribution in [0, 0.1) is 0 Å². The third-order valence-corrected chi connectivity index (χ3v) is 18.5. The van der Waals surface area contributed by atoms with Crippen molar-refractivity contribution in [1.29, 1.82) is 0 Å². The van der Waals surface area contributed by atoms with Gasteiger partial charge in [-0.1, -0.05) is 378 Å². The maximum absolute atomic E-state index is 12.6. The highest BCUT2D eigenvalue weighted by Crippen LogP contribution is 2.20. The van der Waals surface area contributed by atoms with Crippen molar-refractivity contribution in [2.75, 3.05) is 13.2 Å². The van der Waals surface area contributed by atoms with E-state index in [0.717, 1.165) is 44.9 Å². The molecule has 1 amide bonds. The third-order valence-electron chi connectivity index (χ3n) is 18.5. The van der Waals surface area contributed by atoms with E-state index in [0.29, 0.717) is 25.9 Å². The Balaban J connectivity index is 3.37. The van der Waals surface area contributed by atoms with E-state index in [4.69, 9.17) is 4.74 Å². The molecule has 0 aromatic rings. The van der Waals surface area contributed by atoms with Crippen LogP contribution in [0.2, 0.25) is 0 Å². The van der Waals surface area contributed by atoms with Crippen LogP contribution in [-0.2, 0) is 14.3 Å². The molecule has 2 atom stereocenters. The van der Waals surface area contributed by atoms with Gasteiger partial charge in [0.1, 0.15) is 0 Å². The molecule has 0 aliphatic carbocycles. The number of nitrogens with one attached hydrogen (secondary N) is 1. The summed E-state index contributed by atoms with van der Waals surface area (Å²) in [6.45, 7) is 4.99. The van der Waals surface area contributed by atoms with E-state index in [1.165, 1.54) is 366 Å². The third kappa shape index (κ3) is 71.3. The smallest absolute Gasteiger partial charge is 0.305 e. The number of carbonyl (C=O) groups excluding carboxylic acids is 2. The summed E-state index contributed by atoms with van der Waals surface area (Å²) in [4.78, 5) is 24.7. The van der Waals surface area contributed by atoms with E-state index < -0.39 is 12.1 Å². The first-order valence-corrected chi connectivity index (χ1v) is 39.1. The van der Waals surface area contributed by atoms with Gasteiger partial charge in [0.05, 0.1) is 25.4 Å². The van der Waals surface area contributed by atoms with E-state index in [2.05, 4.69) is 43.5 Å². The van der Waals surface area contributed by atoms with Gasteiger partial charge in [-0.05, 0) is 77.0 Å². The number of hydrogen-bond acceptors (Lipinski definition) is 5. The highest BCUT2D eigenvalue weighted by Gasteiger charge is 2.20. The van der Waals surface area contributed by atoms with E-state index in [1.807, 2.05) is 0 Å².